The topological polar surface area (TPSA) is 74.9 Å². The van der Waals surface area contributed by atoms with Crippen LogP contribution in [0.1, 0.15) is 12.0 Å². The van der Waals surface area contributed by atoms with Gasteiger partial charge in [0.15, 0.2) is 0 Å². The summed E-state index contributed by atoms with van der Waals surface area (Å²) in [5.41, 5.74) is -2.01. The smallest absolute Gasteiger partial charge is 0.354 e. The zero-order valence-electron chi connectivity index (χ0n) is 10.00. The number of carbonyl (C=O) groups is 1. The summed E-state index contributed by atoms with van der Waals surface area (Å²) in [6.45, 7) is -0.551. The van der Waals surface area contributed by atoms with Gasteiger partial charge in [-0.15, -0.1) is 0 Å². The second-order valence-electron chi connectivity index (χ2n) is 3.77. The Kier molecular flexibility index (Phi) is 5.16. The van der Waals surface area contributed by atoms with Crippen molar-refractivity contribution in [2.24, 2.45) is 0 Å². The molecule has 20 heavy (non-hydrogen) atoms. The van der Waals surface area contributed by atoms with Crippen LogP contribution in [0, 0.1) is 11.3 Å². The Morgan fingerprint density at radius 2 is 2.15 bits per heavy atom. The van der Waals surface area contributed by atoms with E-state index in [9.17, 15) is 22.8 Å². The third-order valence-corrected chi connectivity index (χ3v) is 2.51. The van der Waals surface area contributed by atoms with Crippen molar-refractivity contribution in [3.8, 4) is 6.07 Å². The molecule has 0 atom stereocenters. The first-order chi connectivity index (χ1) is 9.25. The van der Waals surface area contributed by atoms with Crippen molar-refractivity contribution in [3.63, 3.8) is 0 Å². The van der Waals surface area contributed by atoms with Crippen LogP contribution in [-0.4, -0.2) is 17.0 Å². The molecule has 1 N–H and O–H groups in total. The molecule has 1 amide bonds. The van der Waals surface area contributed by atoms with Gasteiger partial charge in [0.05, 0.1) is 18.1 Å². The number of carbonyl (C=O) groups excluding carboxylic acids is 1. The second-order valence-corrected chi connectivity index (χ2v) is 4.17. The normalized spacial score (nSPS) is 10.9. The lowest BCUT2D eigenvalue weighted by atomic mass is 10.2. The monoisotopic (exact) mass is 307 g/mol. The van der Waals surface area contributed by atoms with Crippen molar-refractivity contribution in [2.75, 3.05) is 6.54 Å². The SMILES string of the molecule is N#CCCNC(=O)Cn1cc(C(F)(F)F)cc(Cl)c1=O. The van der Waals surface area contributed by atoms with Gasteiger partial charge in [0.1, 0.15) is 11.6 Å². The molecule has 5 nitrogen and oxygen atoms in total. The summed E-state index contributed by atoms with van der Waals surface area (Å²) in [5.74, 6) is -0.683. The lowest BCUT2D eigenvalue weighted by Crippen LogP contribution is -2.33. The van der Waals surface area contributed by atoms with Gasteiger partial charge in [0.2, 0.25) is 5.91 Å². The molecule has 1 rings (SSSR count). The number of alkyl halides is 3. The van der Waals surface area contributed by atoms with E-state index in [-0.39, 0.29) is 13.0 Å². The number of hydrogen-bond acceptors (Lipinski definition) is 3. The van der Waals surface area contributed by atoms with Crippen LogP contribution >= 0.6 is 11.6 Å². The highest BCUT2D eigenvalue weighted by Crippen LogP contribution is 2.29. The number of nitrogens with zero attached hydrogens (tertiary/aromatic N) is 2. The molecule has 0 radical (unpaired) electrons. The molecule has 0 aliphatic carbocycles. The van der Waals surface area contributed by atoms with Gasteiger partial charge < -0.3 is 9.88 Å². The first-order valence-electron chi connectivity index (χ1n) is 5.36. The van der Waals surface area contributed by atoms with Crippen molar-refractivity contribution in [1.82, 2.24) is 9.88 Å². The van der Waals surface area contributed by atoms with Crippen LogP contribution in [0.15, 0.2) is 17.1 Å². The molecule has 0 spiro atoms. The molecule has 0 saturated carbocycles. The number of pyridine rings is 1. The summed E-state index contributed by atoms with van der Waals surface area (Å²) in [5, 5.41) is 9.95. The molecular formula is C11H9ClF3N3O2. The summed E-state index contributed by atoms with van der Waals surface area (Å²) >= 11 is 5.43. The van der Waals surface area contributed by atoms with Crippen molar-refractivity contribution < 1.29 is 18.0 Å². The molecular weight excluding hydrogens is 299 g/mol. The number of halogens is 4. The summed E-state index contributed by atoms with van der Waals surface area (Å²) in [6.07, 6.45) is -4.08. The molecule has 1 aromatic heterocycles. The van der Waals surface area contributed by atoms with Crippen LogP contribution in [0.25, 0.3) is 0 Å². The zero-order chi connectivity index (χ0) is 15.3. The Hall–Kier alpha value is -2.01. The van der Waals surface area contributed by atoms with Gasteiger partial charge in [-0.25, -0.2) is 0 Å². The van der Waals surface area contributed by atoms with Crippen LogP contribution in [0.5, 0.6) is 0 Å². The average molecular weight is 308 g/mol. The minimum Gasteiger partial charge on any atom is -0.354 e. The van der Waals surface area contributed by atoms with E-state index in [1.54, 1.807) is 6.07 Å². The van der Waals surface area contributed by atoms with Crippen LogP contribution in [0.3, 0.4) is 0 Å². The predicted octanol–water partition coefficient (Wildman–Crippen LogP) is 1.55. The minimum absolute atomic E-state index is 0.0524. The van der Waals surface area contributed by atoms with Crippen LogP contribution in [0.2, 0.25) is 5.02 Å². The fourth-order valence-electron chi connectivity index (χ4n) is 1.34. The Balaban J connectivity index is 2.95. The average Bonchev–Trinajstić information content (AvgIpc) is 2.33. The highest BCUT2D eigenvalue weighted by Gasteiger charge is 2.32. The highest BCUT2D eigenvalue weighted by molar-refractivity contribution is 6.30. The lowest BCUT2D eigenvalue weighted by Gasteiger charge is -2.11. The van der Waals surface area contributed by atoms with Crippen molar-refractivity contribution in [1.29, 1.82) is 5.26 Å². The Morgan fingerprint density at radius 1 is 1.50 bits per heavy atom. The molecule has 108 valence electrons. The van der Waals surface area contributed by atoms with Gasteiger partial charge >= 0.3 is 6.18 Å². The van der Waals surface area contributed by atoms with Crippen molar-refractivity contribution in [3.05, 3.63) is 33.2 Å². The van der Waals surface area contributed by atoms with E-state index in [0.717, 1.165) is 0 Å². The highest BCUT2D eigenvalue weighted by atomic mass is 35.5. The minimum atomic E-state index is -4.67. The first-order valence-corrected chi connectivity index (χ1v) is 5.74. The van der Waals surface area contributed by atoms with E-state index in [1.165, 1.54) is 0 Å². The molecule has 9 heteroatoms. The van der Waals surface area contributed by atoms with E-state index in [4.69, 9.17) is 16.9 Å². The standard InChI is InChI=1S/C11H9ClF3N3O2/c12-8-4-7(11(13,14)15)5-18(10(8)20)6-9(19)17-3-1-2-16/h4-5H,1,3,6H2,(H,17,19). The zero-order valence-corrected chi connectivity index (χ0v) is 10.8. The third kappa shape index (κ3) is 4.28. The maximum atomic E-state index is 12.6. The molecule has 0 fully saturated rings. The van der Waals surface area contributed by atoms with Gasteiger partial charge in [-0.05, 0) is 6.07 Å². The Morgan fingerprint density at radius 3 is 2.70 bits per heavy atom. The van der Waals surface area contributed by atoms with Crippen molar-refractivity contribution >= 4 is 17.5 Å². The molecule has 0 aliphatic heterocycles. The van der Waals surface area contributed by atoms with E-state index in [0.29, 0.717) is 16.8 Å². The summed E-state index contributed by atoms with van der Waals surface area (Å²) in [4.78, 5) is 23.0. The molecule has 1 heterocycles. The van der Waals surface area contributed by atoms with Gasteiger partial charge in [-0.1, -0.05) is 11.6 Å². The number of aromatic nitrogens is 1. The van der Waals surface area contributed by atoms with Gasteiger partial charge in [-0.3, -0.25) is 9.59 Å². The lowest BCUT2D eigenvalue weighted by molar-refractivity contribution is -0.138. The Bertz CT molecular complexity index is 604. The van der Waals surface area contributed by atoms with Crippen LogP contribution in [-0.2, 0) is 17.5 Å². The quantitative estimate of drug-likeness (QED) is 0.858. The maximum Gasteiger partial charge on any atom is 0.417 e. The van der Waals surface area contributed by atoms with Crippen LogP contribution < -0.4 is 10.9 Å². The molecule has 0 bridgehead atoms. The van der Waals surface area contributed by atoms with E-state index >= 15 is 0 Å². The number of nitriles is 1. The molecule has 1 aromatic rings. The third-order valence-electron chi connectivity index (χ3n) is 2.24. The predicted molar refractivity (Wildman–Crippen MR) is 64.0 cm³/mol. The van der Waals surface area contributed by atoms with E-state index < -0.39 is 34.8 Å². The van der Waals surface area contributed by atoms with Crippen molar-refractivity contribution in [2.45, 2.75) is 19.1 Å². The van der Waals surface area contributed by atoms with E-state index in [1.807, 2.05) is 0 Å². The number of rotatable bonds is 4. The first kappa shape index (κ1) is 16.0. The molecule has 0 aromatic carbocycles. The largest absolute Gasteiger partial charge is 0.417 e. The van der Waals surface area contributed by atoms with Gasteiger partial charge in [0, 0.05) is 12.7 Å². The summed E-state index contributed by atoms with van der Waals surface area (Å²) in [7, 11) is 0. The fraction of sp³-hybridized carbons (Fsp3) is 0.364. The fourth-order valence-corrected chi connectivity index (χ4v) is 1.57. The van der Waals surface area contributed by atoms with Gasteiger partial charge in [-0.2, -0.15) is 18.4 Å². The molecule has 0 aliphatic rings. The van der Waals surface area contributed by atoms with E-state index in [2.05, 4.69) is 5.32 Å². The number of amides is 1. The summed E-state index contributed by atoms with van der Waals surface area (Å²) in [6, 6.07) is 2.29. The maximum absolute atomic E-state index is 12.6. The molecule has 0 saturated heterocycles. The molecule has 0 unspecified atom stereocenters. The Labute approximate surface area is 116 Å². The second kappa shape index (κ2) is 6.43. The van der Waals surface area contributed by atoms with Crippen LogP contribution in [0.4, 0.5) is 13.2 Å². The number of nitrogens with one attached hydrogen (secondary N) is 1. The van der Waals surface area contributed by atoms with Gasteiger partial charge in [0.25, 0.3) is 5.56 Å². The summed E-state index contributed by atoms with van der Waals surface area (Å²) < 4.78 is 38.2. The number of hydrogen-bond donors (Lipinski definition) is 1.